The lowest BCUT2D eigenvalue weighted by atomic mass is 10.2. The Morgan fingerprint density at radius 3 is 2.79 bits per heavy atom. The Hall–Kier alpha value is -1.63. The van der Waals surface area contributed by atoms with Gasteiger partial charge in [0.15, 0.2) is 0 Å². The fourth-order valence-electron chi connectivity index (χ4n) is 2.78. The summed E-state index contributed by atoms with van der Waals surface area (Å²) in [7, 11) is 0. The molecule has 0 spiro atoms. The van der Waals surface area contributed by atoms with Gasteiger partial charge in [-0.25, -0.2) is 4.98 Å². The topological polar surface area (TPSA) is 48.5 Å². The van der Waals surface area contributed by atoms with Crippen molar-refractivity contribution in [2.75, 3.05) is 37.6 Å². The Morgan fingerprint density at radius 1 is 1.33 bits per heavy atom. The fraction of sp³-hybridized carbons (Fsp3) is 0.412. The van der Waals surface area contributed by atoms with Crippen LogP contribution in [0.5, 0.6) is 0 Å². The molecule has 7 heteroatoms. The molecule has 1 amide bonds. The first-order valence-corrected chi connectivity index (χ1v) is 9.21. The van der Waals surface area contributed by atoms with Crippen LogP contribution in [0, 0.1) is 6.92 Å². The highest BCUT2D eigenvalue weighted by atomic mass is 35.5. The molecule has 5 nitrogen and oxygen atoms in total. The number of anilines is 1. The molecule has 3 rings (SSSR count). The maximum absolute atomic E-state index is 12.3. The van der Waals surface area contributed by atoms with Gasteiger partial charge in [0.2, 0.25) is 5.91 Å². The minimum Gasteiger partial charge on any atom is -0.368 e. The first-order chi connectivity index (χ1) is 11.6. The van der Waals surface area contributed by atoms with Crippen molar-refractivity contribution in [2.45, 2.75) is 13.5 Å². The van der Waals surface area contributed by atoms with Gasteiger partial charge in [-0.2, -0.15) is 0 Å². The SMILES string of the molecule is Cc1ncc(CNCC(=O)N2CCN(c3cccc(Cl)c3)CC2)s1. The molecule has 1 aliphatic heterocycles. The predicted molar refractivity (Wildman–Crippen MR) is 98.8 cm³/mol. The second-order valence-electron chi connectivity index (χ2n) is 5.80. The van der Waals surface area contributed by atoms with E-state index in [2.05, 4.69) is 21.3 Å². The molecule has 2 aromatic rings. The molecule has 128 valence electrons. The number of carbonyl (C=O) groups excluding carboxylic acids is 1. The highest BCUT2D eigenvalue weighted by Gasteiger charge is 2.21. The van der Waals surface area contributed by atoms with E-state index < -0.39 is 0 Å². The third-order valence-corrected chi connectivity index (χ3v) is 5.20. The summed E-state index contributed by atoms with van der Waals surface area (Å²) in [5.41, 5.74) is 1.12. The van der Waals surface area contributed by atoms with Gasteiger partial charge in [0, 0.05) is 54.5 Å². The Bertz CT molecular complexity index is 697. The van der Waals surface area contributed by atoms with E-state index in [9.17, 15) is 4.79 Å². The molecule has 1 N–H and O–H groups in total. The number of piperazine rings is 1. The normalized spacial score (nSPS) is 14.9. The van der Waals surface area contributed by atoms with Crippen molar-refractivity contribution in [3.63, 3.8) is 0 Å². The molecule has 0 atom stereocenters. The smallest absolute Gasteiger partial charge is 0.236 e. The quantitative estimate of drug-likeness (QED) is 0.885. The third-order valence-electron chi connectivity index (χ3n) is 4.05. The number of carbonyl (C=O) groups is 1. The van der Waals surface area contributed by atoms with Crippen LogP contribution in [0.1, 0.15) is 9.88 Å². The number of thiazole rings is 1. The summed E-state index contributed by atoms with van der Waals surface area (Å²) < 4.78 is 0. The molecular formula is C17H21ClN4OS. The fourth-order valence-corrected chi connectivity index (χ4v) is 3.73. The highest BCUT2D eigenvalue weighted by molar-refractivity contribution is 7.11. The number of rotatable bonds is 5. The van der Waals surface area contributed by atoms with Gasteiger partial charge in [-0.3, -0.25) is 4.79 Å². The molecule has 0 bridgehead atoms. The molecule has 1 aromatic carbocycles. The molecule has 24 heavy (non-hydrogen) atoms. The third kappa shape index (κ3) is 4.47. The van der Waals surface area contributed by atoms with Gasteiger partial charge < -0.3 is 15.1 Å². The van der Waals surface area contributed by atoms with Crippen LogP contribution in [0.25, 0.3) is 0 Å². The molecule has 2 heterocycles. The van der Waals surface area contributed by atoms with Crippen LogP contribution >= 0.6 is 22.9 Å². The number of benzene rings is 1. The Balaban J connectivity index is 1.43. The second-order valence-corrected chi connectivity index (χ2v) is 7.55. The van der Waals surface area contributed by atoms with Crippen LogP contribution in [0.2, 0.25) is 5.02 Å². The Labute approximate surface area is 151 Å². The molecule has 1 aromatic heterocycles. The molecule has 0 saturated carbocycles. The largest absolute Gasteiger partial charge is 0.368 e. The highest BCUT2D eigenvalue weighted by Crippen LogP contribution is 2.20. The molecule has 0 unspecified atom stereocenters. The van der Waals surface area contributed by atoms with Crippen molar-refractivity contribution in [3.8, 4) is 0 Å². The number of hydrogen-bond donors (Lipinski definition) is 1. The van der Waals surface area contributed by atoms with Gasteiger partial charge in [0.25, 0.3) is 0 Å². The minimum atomic E-state index is 0.155. The van der Waals surface area contributed by atoms with Crippen LogP contribution < -0.4 is 10.2 Å². The molecule has 1 fully saturated rings. The average molecular weight is 365 g/mol. The number of nitrogens with one attached hydrogen (secondary N) is 1. The zero-order valence-electron chi connectivity index (χ0n) is 13.7. The van der Waals surface area contributed by atoms with E-state index in [1.165, 1.54) is 0 Å². The van der Waals surface area contributed by atoms with Gasteiger partial charge in [-0.05, 0) is 25.1 Å². The number of hydrogen-bond acceptors (Lipinski definition) is 5. The standard InChI is InChI=1S/C17H21ClN4OS/c1-13-20-11-16(24-13)10-19-12-17(23)22-7-5-21(6-8-22)15-4-2-3-14(18)9-15/h2-4,9,11,19H,5-8,10,12H2,1H3. The summed E-state index contributed by atoms with van der Waals surface area (Å²) in [5, 5.41) is 5.01. The van der Waals surface area contributed by atoms with Crippen molar-refractivity contribution < 1.29 is 4.79 Å². The lowest BCUT2D eigenvalue weighted by molar-refractivity contribution is -0.130. The van der Waals surface area contributed by atoms with E-state index in [-0.39, 0.29) is 5.91 Å². The lowest BCUT2D eigenvalue weighted by Crippen LogP contribution is -2.50. The molecule has 1 aliphatic rings. The Morgan fingerprint density at radius 2 is 2.12 bits per heavy atom. The Kier molecular flexibility index (Phi) is 5.71. The average Bonchev–Trinajstić information content (AvgIpc) is 3.00. The summed E-state index contributed by atoms with van der Waals surface area (Å²) in [5.74, 6) is 0.155. The number of aryl methyl sites for hydroxylation is 1. The van der Waals surface area contributed by atoms with Crippen LogP contribution in [0.4, 0.5) is 5.69 Å². The maximum atomic E-state index is 12.3. The summed E-state index contributed by atoms with van der Waals surface area (Å²) in [6, 6.07) is 7.86. The summed E-state index contributed by atoms with van der Waals surface area (Å²) in [6.45, 7) is 6.20. The van der Waals surface area contributed by atoms with E-state index >= 15 is 0 Å². The number of nitrogens with zero attached hydrogens (tertiary/aromatic N) is 3. The van der Waals surface area contributed by atoms with E-state index in [1.54, 1.807) is 11.3 Å². The van der Waals surface area contributed by atoms with Crippen LogP contribution in [-0.2, 0) is 11.3 Å². The molecule has 0 radical (unpaired) electrons. The van der Waals surface area contributed by atoms with Crippen molar-refractivity contribution in [1.82, 2.24) is 15.2 Å². The maximum Gasteiger partial charge on any atom is 0.236 e. The van der Waals surface area contributed by atoms with Gasteiger partial charge in [-0.1, -0.05) is 17.7 Å². The van der Waals surface area contributed by atoms with Crippen LogP contribution in [0.3, 0.4) is 0 Å². The van der Waals surface area contributed by atoms with Gasteiger partial charge in [0.1, 0.15) is 0 Å². The first-order valence-electron chi connectivity index (χ1n) is 8.02. The number of halogens is 1. The summed E-state index contributed by atoms with van der Waals surface area (Å²) in [6.07, 6.45) is 1.86. The minimum absolute atomic E-state index is 0.155. The summed E-state index contributed by atoms with van der Waals surface area (Å²) in [4.78, 5) is 21.9. The molecule has 1 saturated heterocycles. The van der Waals surface area contributed by atoms with Crippen molar-refractivity contribution in [1.29, 1.82) is 0 Å². The van der Waals surface area contributed by atoms with E-state index in [0.717, 1.165) is 46.8 Å². The molecular weight excluding hydrogens is 344 g/mol. The zero-order valence-corrected chi connectivity index (χ0v) is 15.2. The first kappa shape index (κ1) is 17.2. The van der Waals surface area contributed by atoms with Crippen molar-refractivity contribution in [2.24, 2.45) is 0 Å². The van der Waals surface area contributed by atoms with Crippen LogP contribution in [-0.4, -0.2) is 48.5 Å². The predicted octanol–water partition coefficient (Wildman–Crippen LogP) is 2.54. The van der Waals surface area contributed by atoms with Gasteiger partial charge in [-0.15, -0.1) is 11.3 Å². The van der Waals surface area contributed by atoms with Crippen molar-refractivity contribution in [3.05, 3.63) is 45.4 Å². The van der Waals surface area contributed by atoms with E-state index in [0.29, 0.717) is 13.1 Å². The van der Waals surface area contributed by atoms with Crippen molar-refractivity contribution >= 4 is 34.5 Å². The van der Waals surface area contributed by atoms with E-state index in [4.69, 9.17) is 11.6 Å². The zero-order chi connectivity index (χ0) is 16.9. The van der Waals surface area contributed by atoms with Gasteiger partial charge in [0.05, 0.1) is 11.6 Å². The van der Waals surface area contributed by atoms with Gasteiger partial charge >= 0.3 is 0 Å². The molecule has 0 aliphatic carbocycles. The summed E-state index contributed by atoms with van der Waals surface area (Å²) >= 11 is 7.71. The second kappa shape index (κ2) is 7.96. The lowest BCUT2D eigenvalue weighted by Gasteiger charge is -2.36. The van der Waals surface area contributed by atoms with E-state index in [1.807, 2.05) is 36.2 Å². The van der Waals surface area contributed by atoms with Crippen LogP contribution in [0.15, 0.2) is 30.5 Å². The number of aromatic nitrogens is 1. The number of amides is 1. The monoisotopic (exact) mass is 364 g/mol.